The third-order valence-corrected chi connectivity index (χ3v) is 4.18. The Balaban J connectivity index is 1.86. The second-order valence-electron chi connectivity index (χ2n) is 5.73. The molecule has 0 unspecified atom stereocenters. The highest BCUT2D eigenvalue weighted by atomic mass is 16.6. The molecule has 2 aromatic rings. The van der Waals surface area contributed by atoms with E-state index in [1.54, 1.807) is 6.92 Å². The fraction of sp³-hybridized carbons (Fsp3) is 0.333. The molecular weight excluding hydrogens is 296 g/mol. The van der Waals surface area contributed by atoms with Crippen molar-refractivity contribution in [3.8, 4) is 23.0 Å². The van der Waals surface area contributed by atoms with Crippen LogP contribution < -0.4 is 18.9 Å². The van der Waals surface area contributed by atoms with Crippen molar-refractivity contribution in [2.75, 3.05) is 26.4 Å². The predicted molar refractivity (Wildman–Crippen MR) is 83.5 cm³/mol. The first-order valence-corrected chi connectivity index (χ1v) is 7.68. The summed E-state index contributed by atoms with van der Waals surface area (Å²) in [6.07, 6.45) is 0. The van der Waals surface area contributed by atoms with Crippen molar-refractivity contribution < 1.29 is 24.1 Å². The molecular formula is C18H18O5. The van der Waals surface area contributed by atoms with Gasteiger partial charge >= 0.3 is 0 Å². The highest BCUT2D eigenvalue weighted by Gasteiger charge is 2.36. The molecule has 0 saturated heterocycles. The van der Waals surface area contributed by atoms with Crippen LogP contribution in [0.25, 0.3) is 0 Å². The van der Waals surface area contributed by atoms with Crippen molar-refractivity contribution in [1.29, 1.82) is 0 Å². The Morgan fingerprint density at radius 2 is 1.17 bits per heavy atom. The van der Waals surface area contributed by atoms with E-state index in [-0.39, 0.29) is 0 Å². The number of rotatable bonds is 2. The van der Waals surface area contributed by atoms with Gasteiger partial charge in [-0.15, -0.1) is 0 Å². The molecule has 4 rings (SSSR count). The van der Waals surface area contributed by atoms with E-state index in [4.69, 9.17) is 18.9 Å². The summed E-state index contributed by atoms with van der Waals surface area (Å²) < 4.78 is 22.7. The molecule has 23 heavy (non-hydrogen) atoms. The first-order valence-electron chi connectivity index (χ1n) is 7.68. The highest BCUT2D eigenvalue weighted by molar-refractivity contribution is 5.58. The topological polar surface area (TPSA) is 57.2 Å². The van der Waals surface area contributed by atoms with Crippen molar-refractivity contribution in [3.05, 3.63) is 47.5 Å². The van der Waals surface area contributed by atoms with Gasteiger partial charge in [-0.3, -0.25) is 0 Å². The summed E-state index contributed by atoms with van der Waals surface area (Å²) in [6.45, 7) is 3.68. The molecule has 2 heterocycles. The SMILES string of the molecule is CC(O)(c1cccc2c1OCCO2)c1cccc2c1OCCO2. The Morgan fingerprint density at radius 3 is 1.65 bits per heavy atom. The van der Waals surface area contributed by atoms with Crippen LogP contribution in [0.4, 0.5) is 0 Å². The van der Waals surface area contributed by atoms with E-state index in [1.165, 1.54) is 0 Å². The van der Waals surface area contributed by atoms with E-state index < -0.39 is 5.60 Å². The maximum atomic E-state index is 11.3. The summed E-state index contributed by atoms with van der Waals surface area (Å²) in [7, 11) is 0. The number of aliphatic hydroxyl groups is 1. The molecule has 0 atom stereocenters. The summed E-state index contributed by atoms with van der Waals surface area (Å²) in [5.74, 6) is 2.46. The average molecular weight is 314 g/mol. The quantitative estimate of drug-likeness (QED) is 0.923. The molecule has 0 spiro atoms. The van der Waals surface area contributed by atoms with E-state index in [2.05, 4.69) is 0 Å². The lowest BCUT2D eigenvalue weighted by atomic mass is 9.86. The van der Waals surface area contributed by atoms with Crippen LogP contribution in [-0.4, -0.2) is 31.5 Å². The van der Waals surface area contributed by atoms with Crippen LogP contribution in [0.2, 0.25) is 0 Å². The summed E-state index contributed by atoms with van der Waals surface area (Å²) in [6, 6.07) is 11.1. The first-order chi connectivity index (χ1) is 11.2. The Kier molecular flexibility index (Phi) is 3.31. The smallest absolute Gasteiger partial charge is 0.167 e. The monoisotopic (exact) mass is 314 g/mol. The van der Waals surface area contributed by atoms with Crippen LogP contribution in [-0.2, 0) is 5.60 Å². The number of fused-ring (bicyclic) bond motifs is 2. The minimum atomic E-state index is -1.29. The summed E-state index contributed by atoms with van der Waals surface area (Å²) in [5, 5.41) is 11.3. The highest BCUT2D eigenvalue weighted by Crippen LogP contribution is 2.47. The second kappa shape index (κ2) is 5.35. The molecule has 2 aliphatic heterocycles. The van der Waals surface area contributed by atoms with Gasteiger partial charge in [-0.05, 0) is 19.1 Å². The third kappa shape index (κ3) is 2.28. The van der Waals surface area contributed by atoms with E-state index in [0.29, 0.717) is 60.6 Å². The lowest BCUT2D eigenvalue weighted by Crippen LogP contribution is -2.28. The number of ether oxygens (including phenoxy) is 4. The van der Waals surface area contributed by atoms with Crippen LogP contribution in [0.15, 0.2) is 36.4 Å². The van der Waals surface area contributed by atoms with E-state index in [0.717, 1.165) is 0 Å². The molecule has 0 saturated carbocycles. The molecule has 0 radical (unpaired) electrons. The molecule has 0 aliphatic carbocycles. The minimum Gasteiger partial charge on any atom is -0.486 e. The Morgan fingerprint density at radius 1 is 0.739 bits per heavy atom. The summed E-state index contributed by atoms with van der Waals surface area (Å²) >= 11 is 0. The largest absolute Gasteiger partial charge is 0.486 e. The Labute approximate surface area is 134 Å². The fourth-order valence-corrected chi connectivity index (χ4v) is 3.06. The van der Waals surface area contributed by atoms with Crippen molar-refractivity contribution >= 4 is 0 Å². The van der Waals surface area contributed by atoms with Gasteiger partial charge < -0.3 is 24.1 Å². The Bertz CT molecular complexity index is 677. The number of benzene rings is 2. The number of para-hydroxylation sites is 2. The van der Waals surface area contributed by atoms with Gasteiger partial charge in [0, 0.05) is 11.1 Å². The van der Waals surface area contributed by atoms with Crippen LogP contribution in [0.1, 0.15) is 18.1 Å². The van der Waals surface area contributed by atoms with Crippen LogP contribution >= 0.6 is 0 Å². The van der Waals surface area contributed by atoms with Crippen molar-refractivity contribution in [2.24, 2.45) is 0 Å². The molecule has 120 valence electrons. The summed E-state index contributed by atoms with van der Waals surface area (Å²) in [5.41, 5.74) is 0.00694. The van der Waals surface area contributed by atoms with Gasteiger partial charge in [0.25, 0.3) is 0 Å². The molecule has 0 aromatic heterocycles. The molecule has 2 aromatic carbocycles. The number of hydrogen-bond donors (Lipinski definition) is 1. The molecule has 5 heteroatoms. The van der Waals surface area contributed by atoms with E-state index >= 15 is 0 Å². The number of hydrogen-bond acceptors (Lipinski definition) is 5. The van der Waals surface area contributed by atoms with Gasteiger partial charge in [-0.1, -0.05) is 24.3 Å². The van der Waals surface area contributed by atoms with E-state index in [1.807, 2.05) is 36.4 Å². The van der Waals surface area contributed by atoms with Gasteiger partial charge in [0.15, 0.2) is 23.0 Å². The van der Waals surface area contributed by atoms with Gasteiger partial charge in [-0.2, -0.15) is 0 Å². The van der Waals surface area contributed by atoms with E-state index in [9.17, 15) is 5.11 Å². The zero-order chi connectivity index (χ0) is 15.9. The maximum Gasteiger partial charge on any atom is 0.167 e. The lowest BCUT2D eigenvalue weighted by Gasteiger charge is -2.32. The van der Waals surface area contributed by atoms with Gasteiger partial charge in [0.1, 0.15) is 32.0 Å². The zero-order valence-corrected chi connectivity index (χ0v) is 12.9. The lowest BCUT2D eigenvalue weighted by molar-refractivity contribution is 0.0830. The van der Waals surface area contributed by atoms with Crippen molar-refractivity contribution in [3.63, 3.8) is 0 Å². The predicted octanol–water partition coefficient (Wildman–Crippen LogP) is 2.48. The zero-order valence-electron chi connectivity index (χ0n) is 12.9. The third-order valence-electron chi connectivity index (χ3n) is 4.18. The van der Waals surface area contributed by atoms with Gasteiger partial charge in [0.05, 0.1) is 0 Å². The van der Waals surface area contributed by atoms with Gasteiger partial charge in [-0.25, -0.2) is 0 Å². The van der Waals surface area contributed by atoms with Gasteiger partial charge in [0.2, 0.25) is 0 Å². The molecule has 0 fully saturated rings. The maximum absolute atomic E-state index is 11.3. The van der Waals surface area contributed by atoms with Crippen LogP contribution in [0.3, 0.4) is 0 Å². The average Bonchev–Trinajstić information content (AvgIpc) is 2.60. The summed E-state index contributed by atoms with van der Waals surface area (Å²) in [4.78, 5) is 0. The van der Waals surface area contributed by atoms with Crippen molar-refractivity contribution in [2.45, 2.75) is 12.5 Å². The molecule has 5 nitrogen and oxygen atoms in total. The first kappa shape index (κ1) is 14.2. The fourth-order valence-electron chi connectivity index (χ4n) is 3.06. The second-order valence-corrected chi connectivity index (χ2v) is 5.73. The molecule has 0 bridgehead atoms. The van der Waals surface area contributed by atoms with Crippen LogP contribution in [0.5, 0.6) is 23.0 Å². The Hall–Kier alpha value is -2.40. The normalized spacial score (nSPS) is 16.1. The minimum absolute atomic E-state index is 0.465. The molecule has 0 amide bonds. The molecule has 1 N–H and O–H groups in total. The van der Waals surface area contributed by atoms with Crippen molar-refractivity contribution in [1.82, 2.24) is 0 Å². The molecule has 2 aliphatic rings. The van der Waals surface area contributed by atoms with Crippen LogP contribution in [0, 0.1) is 0 Å². The standard InChI is InChI=1S/C18H18O5/c1-18(19,12-4-2-6-14-16(12)22-10-8-20-14)13-5-3-7-15-17(13)23-11-9-21-15/h2-7,19H,8-11H2,1H3.